The third kappa shape index (κ3) is 4.09. The largest absolute Gasteiger partial charge is 0.416 e. The Labute approximate surface area is 121 Å². The van der Waals surface area contributed by atoms with Gasteiger partial charge in [-0.1, -0.05) is 6.07 Å². The second-order valence-corrected chi connectivity index (χ2v) is 5.36. The normalized spacial score (nSPS) is 19.7. The van der Waals surface area contributed by atoms with Crippen LogP contribution in [-0.2, 0) is 12.7 Å². The first-order valence-corrected chi connectivity index (χ1v) is 6.87. The molecule has 1 aromatic carbocycles. The van der Waals surface area contributed by atoms with Gasteiger partial charge in [-0.3, -0.25) is 9.80 Å². The number of hydrogen-bond donors (Lipinski definition) is 2. The number of rotatable bonds is 3. The van der Waals surface area contributed by atoms with Crippen LogP contribution < -0.4 is 5.73 Å². The summed E-state index contributed by atoms with van der Waals surface area (Å²) in [5.74, 6) is 0. The summed E-state index contributed by atoms with van der Waals surface area (Å²) in [5.41, 5.74) is 5.15. The molecule has 0 saturated carbocycles. The molecule has 0 aliphatic carbocycles. The molecule has 2 rings (SSSR count). The van der Waals surface area contributed by atoms with Crippen LogP contribution in [0.3, 0.4) is 0 Å². The maximum absolute atomic E-state index is 13.0. The summed E-state index contributed by atoms with van der Waals surface area (Å²) in [4.78, 5) is 3.85. The van der Waals surface area contributed by atoms with Crippen molar-refractivity contribution < 1.29 is 18.3 Å². The van der Waals surface area contributed by atoms with Crippen LogP contribution in [0.2, 0.25) is 0 Å². The second kappa shape index (κ2) is 6.21. The minimum absolute atomic E-state index is 0.116. The first-order chi connectivity index (χ1) is 9.77. The molecule has 3 N–H and O–H groups in total. The van der Waals surface area contributed by atoms with Gasteiger partial charge in [0.2, 0.25) is 0 Å². The van der Waals surface area contributed by atoms with Gasteiger partial charge in [-0.15, -0.1) is 0 Å². The van der Waals surface area contributed by atoms with Crippen molar-refractivity contribution in [2.45, 2.75) is 25.9 Å². The van der Waals surface area contributed by atoms with E-state index in [2.05, 4.69) is 0 Å². The average Bonchev–Trinajstić information content (AvgIpc) is 2.40. The van der Waals surface area contributed by atoms with Crippen molar-refractivity contribution in [3.8, 4) is 0 Å². The van der Waals surface area contributed by atoms with Gasteiger partial charge in [0, 0.05) is 38.4 Å². The molecule has 1 saturated heterocycles. The molecule has 4 nitrogen and oxygen atoms in total. The van der Waals surface area contributed by atoms with E-state index in [0.717, 1.165) is 6.07 Å². The summed E-state index contributed by atoms with van der Waals surface area (Å²) >= 11 is 0. The Kier molecular flexibility index (Phi) is 4.75. The summed E-state index contributed by atoms with van der Waals surface area (Å²) in [7, 11) is 0. The number of aliphatic hydroxyl groups is 1. The van der Waals surface area contributed by atoms with Crippen LogP contribution in [-0.4, -0.2) is 47.3 Å². The number of hydrogen-bond acceptors (Lipinski definition) is 4. The summed E-state index contributed by atoms with van der Waals surface area (Å²) in [5, 5.41) is 9.48. The van der Waals surface area contributed by atoms with E-state index in [-0.39, 0.29) is 17.8 Å². The van der Waals surface area contributed by atoms with Crippen LogP contribution in [0.1, 0.15) is 18.1 Å². The summed E-state index contributed by atoms with van der Waals surface area (Å²) < 4.78 is 39.1. The fourth-order valence-electron chi connectivity index (χ4n) is 2.53. The SMILES string of the molecule is CC(O)N1CCN(Cc2ccc(N)cc2C(F)(F)F)CC1. The standard InChI is InChI=1S/C14H20F3N3O/c1-10(21)20-6-4-19(5-7-20)9-11-2-3-12(18)8-13(11)14(15,16)17/h2-3,8,10,21H,4-7,9,18H2,1H3. The Hall–Kier alpha value is -1.31. The van der Waals surface area contributed by atoms with Crippen LogP contribution in [0.25, 0.3) is 0 Å². The van der Waals surface area contributed by atoms with Crippen molar-refractivity contribution >= 4 is 5.69 Å². The zero-order chi connectivity index (χ0) is 15.6. The van der Waals surface area contributed by atoms with Gasteiger partial charge < -0.3 is 10.8 Å². The Bertz CT molecular complexity index is 483. The van der Waals surface area contributed by atoms with Crippen molar-refractivity contribution in [1.82, 2.24) is 9.80 Å². The quantitative estimate of drug-likeness (QED) is 0.835. The van der Waals surface area contributed by atoms with E-state index < -0.39 is 18.0 Å². The number of nitrogen functional groups attached to an aromatic ring is 1. The molecule has 118 valence electrons. The van der Waals surface area contributed by atoms with Gasteiger partial charge in [0.1, 0.15) is 6.23 Å². The zero-order valence-electron chi connectivity index (χ0n) is 11.9. The molecule has 1 aliphatic rings. The van der Waals surface area contributed by atoms with Crippen LogP contribution in [0.5, 0.6) is 0 Å². The topological polar surface area (TPSA) is 52.7 Å². The monoisotopic (exact) mass is 303 g/mol. The number of aliphatic hydroxyl groups excluding tert-OH is 1. The van der Waals surface area contributed by atoms with Crippen LogP contribution in [0.4, 0.5) is 18.9 Å². The van der Waals surface area contributed by atoms with Gasteiger partial charge in [-0.05, 0) is 24.6 Å². The zero-order valence-corrected chi connectivity index (χ0v) is 11.9. The molecule has 1 atom stereocenters. The molecule has 1 heterocycles. The number of alkyl halides is 3. The highest BCUT2D eigenvalue weighted by molar-refractivity contribution is 5.46. The van der Waals surface area contributed by atoms with Gasteiger partial charge in [-0.25, -0.2) is 0 Å². The van der Waals surface area contributed by atoms with Gasteiger partial charge in [-0.2, -0.15) is 13.2 Å². The molecule has 1 aliphatic heterocycles. The fourth-order valence-corrected chi connectivity index (χ4v) is 2.53. The predicted octanol–water partition coefficient (Wildman–Crippen LogP) is 1.74. The summed E-state index contributed by atoms with van der Waals surface area (Å²) in [6.07, 6.45) is -4.92. The molecule has 0 amide bonds. The van der Waals surface area contributed by atoms with E-state index >= 15 is 0 Å². The van der Waals surface area contributed by atoms with Crippen LogP contribution in [0.15, 0.2) is 18.2 Å². The molecule has 1 fully saturated rings. The summed E-state index contributed by atoms with van der Waals surface area (Å²) in [6.45, 7) is 4.49. The number of nitrogens with zero attached hydrogens (tertiary/aromatic N) is 2. The number of piperazine rings is 1. The Balaban J connectivity index is 2.07. The van der Waals surface area contributed by atoms with Gasteiger partial charge in [0.15, 0.2) is 0 Å². The molecule has 1 aromatic rings. The molecule has 0 spiro atoms. The highest BCUT2D eigenvalue weighted by atomic mass is 19.4. The molecular weight excluding hydrogens is 283 g/mol. The molecule has 0 bridgehead atoms. The lowest BCUT2D eigenvalue weighted by atomic mass is 10.1. The lowest BCUT2D eigenvalue weighted by molar-refractivity contribution is -0.138. The average molecular weight is 303 g/mol. The predicted molar refractivity (Wildman–Crippen MR) is 74.4 cm³/mol. The van der Waals surface area contributed by atoms with Crippen molar-refractivity contribution in [2.24, 2.45) is 0 Å². The Morgan fingerprint density at radius 3 is 2.38 bits per heavy atom. The van der Waals surface area contributed by atoms with E-state index in [1.54, 1.807) is 6.92 Å². The van der Waals surface area contributed by atoms with Crippen molar-refractivity contribution in [2.75, 3.05) is 31.9 Å². The van der Waals surface area contributed by atoms with E-state index in [0.29, 0.717) is 26.2 Å². The first kappa shape index (κ1) is 16.1. The fraction of sp³-hybridized carbons (Fsp3) is 0.571. The van der Waals surface area contributed by atoms with Crippen LogP contribution >= 0.6 is 0 Å². The van der Waals surface area contributed by atoms with Crippen LogP contribution in [0, 0.1) is 0 Å². The first-order valence-electron chi connectivity index (χ1n) is 6.87. The van der Waals surface area contributed by atoms with E-state index in [4.69, 9.17) is 5.73 Å². The number of halogens is 3. The van der Waals surface area contributed by atoms with Crippen molar-refractivity contribution in [3.05, 3.63) is 29.3 Å². The number of nitrogens with two attached hydrogens (primary N) is 1. The second-order valence-electron chi connectivity index (χ2n) is 5.36. The molecule has 7 heteroatoms. The van der Waals surface area contributed by atoms with Gasteiger partial charge in [0.05, 0.1) is 5.56 Å². The third-order valence-electron chi connectivity index (χ3n) is 3.77. The molecular formula is C14H20F3N3O. The van der Waals surface area contributed by atoms with E-state index in [1.165, 1.54) is 12.1 Å². The lowest BCUT2D eigenvalue weighted by Crippen LogP contribution is -2.49. The highest BCUT2D eigenvalue weighted by Gasteiger charge is 2.34. The maximum Gasteiger partial charge on any atom is 0.416 e. The smallest absolute Gasteiger partial charge is 0.399 e. The van der Waals surface area contributed by atoms with E-state index in [9.17, 15) is 18.3 Å². The third-order valence-corrected chi connectivity index (χ3v) is 3.77. The molecule has 1 unspecified atom stereocenters. The van der Waals surface area contributed by atoms with E-state index in [1.807, 2.05) is 9.80 Å². The summed E-state index contributed by atoms with van der Waals surface area (Å²) in [6, 6.07) is 3.93. The number of anilines is 1. The maximum atomic E-state index is 13.0. The number of benzene rings is 1. The molecule has 21 heavy (non-hydrogen) atoms. The minimum atomic E-state index is -4.40. The van der Waals surface area contributed by atoms with Crippen molar-refractivity contribution in [3.63, 3.8) is 0 Å². The van der Waals surface area contributed by atoms with Gasteiger partial charge >= 0.3 is 6.18 Å². The molecule has 0 radical (unpaired) electrons. The minimum Gasteiger partial charge on any atom is -0.399 e. The lowest BCUT2D eigenvalue weighted by Gasteiger charge is -2.36. The van der Waals surface area contributed by atoms with Gasteiger partial charge in [0.25, 0.3) is 0 Å². The van der Waals surface area contributed by atoms with Crippen molar-refractivity contribution in [1.29, 1.82) is 0 Å². The molecule has 0 aromatic heterocycles. The highest BCUT2D eigenvalue weighted by Crippen LogP contribution is 2.34. The Morgan fingerprint density at radius 2 is 1.86 bits per heavy atom. The Morgan fingerprint density at radius 1 is 1.24 bits per heavy atom.